The van der Waals surface area contributed by atoms with Gasteiger partial charge in [-0.2, -0.15) is 0 Å². The number of carbonyl (C=O) groups excluding carboxylic acids is 1. The highest BCUT2D eigenvalue weighted by Gasteiger charge is 2.46. The van der Waals surface area contributed by atoms with Crippen molar-refractivity contribution in [3.05, 3.63) is 35.6 Å². The summed E-state index contributed by atoms with van der Waals surface area (Å²) in [6.45, 7) is 0.521. The van der Waals surface area contributed by atoms with Crippen molar-refractivity contribution in [2.45, 2.75) is 43.6 Å². The van der Waals surface area contributed by atoms with Gasteiger partial charge in [-0.25, -0.2) is 4.39 Å². The lowest BCUT2D eigenvalue weighted by Gasteiger charge is -2.28. The van der Waals surface area contributed by atoms with Gasteiger partial charge in [-0.05, 0) is 42.9 Å². The molecule has 2 fully saturated rings. The first-order valence-electron chi connectivity index (χ1n) is 7.41. The van der Waals surface area contributed by atoms with E-state index in [1.54, 1.807) is 12.1 Å². The van der Waals surface area contributed by atoms with Crippen molar-refractivity contribution in [3.63, 3.8) is 0 Å². The van der Waals surface area contributed by atoms with Gasteiger partial charge in [-0.3, -0.25) is 4.79 Å². The number of nitrogens with two attached hydrogens (primary N) is 1. The van der Waals surface area contributed by atoms with E-state index >= 15 is 0 Å². The summed E-state index contributed by atoms with van der Waals surface area (Å²) in [6.07, 6.45) is 5.12. The molecule has 116 valence electrons. The van der Waals surface area contributed by atoms with Gasteiger partial charge in [0.25, 0.3) is 0 Å². The van der Waals surface area contributed by atoms with E-state index in [1.165, 1.54) is 12.1 Å². The first kappa shape index (κ1) is 16.2. The Hall–Kier alpha value is -1.13. The number of rotatable bonds is 4. The minimum atomic E-state index is -0.233. The Morgan fingerprint density at radius 3 is 2.48 bits per heavy atom. The summed E-state index contributed by atoms with van der Waals surface area (Å²) in [4.78, 5) is 12.3. The number of hydrogen-bond donors (Lipinski definition) is 2. The van der Waals surface area contributed by atoms with Gasteiger partial charge >= 0.3 is 0 Å². The topological polar surface area (TPSA) is 55.1 Å². The molecule has 0 heterocycles. The molecule has 5 heteroatoms. The highest BCUT2D eigenvalue weighted by atomic mass is 35.5. The maximum absolute atomic E-state index is 12.9. The summed E-state index contributed by atoms with van der Waals surface area (Å²) in [7, 11) is 0. The van der Waals surface area contributed by atoms with Crippen molar-refractivity contribution in [1.82, 2.24) is 5.32 Å². The molecule has 3 N–H and O–H groups in total. The zero-order valence-electron chi connectivity index (χ0n) is 12.0. The predicted octanol–water partition coefficient (Wildman–Crippen LogP) is 2.74. The van der Waals surface area contributed by atoms with Gasteiger partial charge < -0.3 is 11.1 Å². The molecule has 0 spiro atoms. The van der Waals surface area contributed by atoms with Crippen molar-refractivity contribution in [2.75, 3.05) is 6.54 Å². The van der Waals surface area contributed by atoms with Gasteiger partial charge in [-0.1, -0.05) is 25.0 Å². The Kier molecular flexibility index (Phi) is 4.89. The van der Waals surface area contributed by atoms with E-state index in [-0.39, 0.29) is 41.5 Å². The molecule has 2 saturated carbocycles. The molecule has 3 nitrogen and oxygen atoms in total. The highest BCUT2D eigenvalue weighted by Crippen LogP contribution is 2.48. The molecule has 3 rings (SSSR count). The zero-order valence-corrected chi connectivity index (χ0v) is 12.8. The molecule has 2 atom stereocenters. The predicted molar refractivity (Wildman–Crippen MR) is 82.9 cm³/mol. The molecule has 0 radical (unpaired) electrons. The van der Waals surface area contributed by atoms with E-state index in [2.05, 4.69) is 5.32 Å². The van der Waals surface area contributed by atoms with Crippen molar-refractivity contribution < 1.29 is 9.18 Å². The van der Waals surface area contributed by atoms with Crippen LogP contribution in [0.15, 0.2) is 24.3 Å². The fourth-order valence-corrected chi connectivity index (χ4v) is 3.35. The third kappa shape index (κ3) is 3.38. The van der Waals surface area contributed by atoms with Crippen LogP contribution in [0, 0.1) is 11.7 Å². The standard InChI is InChI=1S/C16H21FN2O.ClH/c17-12-5-3-11(4-6-12)13-9-14(13)15(20)19-16(10-18)7-1-2-8-16;/h3-6,13-14H,1-2,7-10,18H2,(H,19,20);1H. The van der Waals surface area contributed by atoms with E-state index in [0.717, 1.165) is 37.7 Å². The fraction of sp³-hybridized carbons (Fsp3) is 0.562. The Bertz CT molecular complexity index is 500. The number of hydrogen-bond acceptors (Lipinski definition) is 2. The summed E-state index contributed by atoms with van der Waals surface area (Å²) < 4.78 is 12.9. The Morgan fingerprint density at radius 1 is 1.29 bits per heavy atom. The van der Waals surface area contributed by atoms with E-state index < -0.39 is 0 Å². The smallest absolute Gasteiger partial charge is 0.224 e. The maximum Gasteiger partial charge on any atom is 0.224 e. The van der Waals surface area contributed by atoms with Gasteiger partial charge in [0.1, 0.15) is 5.82 Å². The molecular weight excluding hydrogens is 291 g/mol. The van der Waals surface area contributed by atoms with Crippen LogP contribution in [0.2, 0.25) is 0 Å². The van der Waals surface area contributed by atoms with E-state index in [9.17, 15) is 9.18 Å². The molecule has 21 heavy (non-hydrogen) atoms. The Balaban J connectivity index is 0.00000161. The molecule has 0 saturated heterocycles. The summed E-state index contributed by atoms with van der Waals surface area (Å²) >= 11 is 0. The first-order valence-corrected chi connectivity index (χ1v) is 7.41. The van der Waals surface area contributed by atoms with Crippen LogP contribution >= 0.6 is 12.4 Å². The van der Waals surface area contributed by atoms with Gasteiger partial charge in [0, 0.05) is 12.5 Å². The molecule has 2 unspecified atom stereocenters. The van der Waals surface area contributed by atoms with Crippen molar-refractivity contribution >= 4 is 18.3 Å². The third-order valence-electron chi connectivity index (χ3n) is 4.77. The molecule has 1 amide bonds. The molecule has 0 aromatic heterocycles. The summed E-state index contributed by atoms with van der Waals surface area (Å²) in [6, 6.07) is 6.48. The van der Waals surface area contributed by atoms with Crippen LogP contribution in [-0.2, 0) is 4.79 Å². The molecule has 1 aromatic rings. The van der Waals surface area contributed by atoms with Crippen LogP contribution in [0.1, 0.15) is 43.6 Å². The molecule has 2 aliphatic carbocycles. The average molecular weight is 313 g/mol. The van der Waals surface area contributed by atoms with Gasteiger partial charge in [0.2, 0.25) is 5.91 Å². The number of amides is 1. The highest BCUT2D eigenvalue weighted by molar-refractivity contribution is 5.85. The Labute approximate surface area is 130 Å². The van der Waals surface area contributed by atoms with Crippen LogP contribution in [0.5, 0.6) is 0 Å². The normalized spacial score (nSPS) is 26.0. The van der Waals surface area contributed by atoms with Crippen LogP contribution in [0.25, 0.3) is 0 Å². The molecular formula is C16H22ClFN2O. The minimum absolute atomic E-state index is 0. The first-order chi connectivity index (χ1) is 9.63. The second-order valence-electron chi connectivity index (χ2n) is 6.18. The Morgan fingerprint density at radius 2 is 1.90 bits per heavy atom. The molecule has 1 aromatic carbocycles. The maximum atomic E-state index is 12.9. The van der Waals surface area contributed by atoms with Crippen LogP contribution in [0.3, 0.4) is 0 Å². The summed E-state index contributed by atoms with van der Waals surface area (Å²) in [5.41, 5.74) is 6.73. The van der Waals surface area contributed by atoms with Crippen LogP contribution in [-0.4, -0.2) is 18.0 Å². The van der Waals surface area contributed by atoms with E-state index in [1.807, 2.05) is 0 Å². The van der Waals surface area contributed by atoms with Gasteiger partial charge in [0.15, 0.2) is 0 Å². The van der Waals surface area contributed by atoms with Gasteiger partial charge in [-0.15, -0.1) is 12.4 Å². The second kappa shape index (κ2) is 6.32. The van der Waals surface area contributed by atoms with Crippen LogP contribution in [0.4, 0.5) is 4.39 Å². The van der Waals surface area contributed by atoms with Crippen molar-refractivity contribution in [3.8, 4) is 0 Å². The lowest BCUT2D eigenvalue weighted by Crippen LogP contribution is -2.52. The van der Waals surface area contributed by atoms with E-state index in [4.69, 9.17) is 5.73 Å². The number of carbonyl (C=O) groups is 1. The molecule has 0 aliphatic heterocycles. The van der Waals surface area contributed by atoms with Crippen molar-refractivity contribution in [1.29, 1.82) is 0 Å². The average Bonchev–Trinajstić information content (AvgIpc) is 3.13. The zero-order chi connectivity index (χ0) is 14.2. The number of halogens is 2. The second-order valence-corrected chi connectivity index (χ2v) is 6.18. The van der Waals surface area contributed by atoms with Crippen molar-refractivity contribution in [2.24, 2.45) is 11.7 Å². The summed E-state index contributed by atoms with van der Waals surface area (Å²) in [5, 5.41) is 3.18. The minimum Gasteiger partial charge on any atom is -0.349 e. The molecule has 2 aliphatic rings. The SMILES string of the molecule is Cl.NCC1(NC(=O)C2CC2c2ccc(F)cc2)CCCC1. The number of benzene rings is 1. The largest absolute Gasteiger partial charge is 0.349 e. The molecule has 0 bridgehead atoms. The monoisotopic (exact) mass is 312 g/mol. The van der Waals surface area contributed by atoms with E-state index in [0.29, 0.717) is 6.54 Å². The summed E-state index contributed by atoms with van der Waals surface area (Å²) in [5.74, 6) is 0.159. The fourth-order valence-electron chi connectivity index (χ4n) is 3.35. The lowest BCUT2D eigenvalue weighted by molar-refractivity contribution is -0.124. The van der Waals surface area contributed by atoms with Gasteiger partial charge in [0.05, 0.1) is 5.54 Å². The quantitative estimate of drug-likeness (QED) is 0.898. The number of nitrogens with one attached hydrogen (secondary N) is 1. The van der Waals surface area contributed by atoms with Crippen LogP contribution < -0.4 is 11.1 Å². The third-order valence-corrected chi connectivity index (χ3v) is 4.77. The lowest BCUT2D eigenvalue weighted by atomic mass is 9.97.